The minimum Gasteiger partial charge on any atom is -0.455 e. The monoisotopic (exact) mass is 338 g/mol. The van der Waals surface area contributed by atoms with Gasteiger partial charge < -0.3 is 15.4 Å². The van der Waals surface area contributed by atoms with Crippen LogP contribution in [0.1, 0.15) is 24.8 Å². The highest BCUT2D eigenvalue weighted by Crippen LogP contribution is 2.17. The third-order valence-electron chi connectivity index (χ3n) is 3.77. The van der Waals surface area contributed by atoms with Crippen LogP contribution in [0.25, 0.3) is 0 Å². The fraction of sp³-hybridized carbons (Fsp3) is 0.438. The molecule has 2 N–H and O–H groups in total. The van der Waals surface area contributed by atoms with E-state index in [9.17, 15) is 14.4 Å². The number of esters is 1. The Labute approximate surface area is 139 Å². The number of ether oxygens (including phenoxy) is 1. The Balaban J connectivity index is 1.84. The Morgan fingerprint density at radius 2 is 1.91 bits per heavy atom. The van der Waals surface area contributed by atoms with Crippen molar-refractivity contribution in [1.29, 1.82) is 0 Å². The van der Waals surface area contributed by atoms with Gasteiger partial charge in [0.1, 0.15) is 6.04 Å². The number of nitrogens with two attached hydrogens (primary N) is 1. The van der Waals surface area contributed by atoms with Crippen molar-refractivity contribution in [2.75, 3.05) is 13.2 Å². The highest BCUT2D eigenvalue weighted by molar-refractivity contribution is 6.30. The summed E-state index contributed by atoms with van der Waals surface area (Å²) in [6.07, 6.45) is 2.28. The van der Waals surface area contributed by atoms with Gasteiger partial charge in [0.15, 0.2) is 6.61 Å². The number of amides is 2. The van der Waals surface area contributed by atoms with Gasteiger partial charge in [-0.2, -0.15) is 0 Å². The standard InChI is InChI=1S/C16H19ClN2O4/c17-12-6-4-11(5-7-12)9-15(21)23-10-14(20)19-8-2-1-3-13(19)16(18)22/h4-7,13H,1-3,8-10H2,(H2,18,22)/t13-/m0/s1. The molecular formula is C16H19ClN2O4. The van der Waals surface area contributed by atoms with Gasteiger partial charge in [0.25, 0.3) is 5.91 Å². The minimum absolute atomic E-state index is 0.0592. The lowest BCUT2D eigenvalue weighted by Gasteiger charge is -2.33. The van der Waals surface area contributed by atoms with Gasteiger partial charge >= 0.3 is 5.97 Å². The van der Waals surface area contributed by atoms with Crippen molar-refractivity contribution in [3.8, 4) is 0 Å². The molecule has 2 rings (SSSR count). The predicted octanol–water partition coefficient (Wildman–Crippen LogP) is 1.29. The first-order valence-electron chi connectivity index (χ1n) is 7.46. The van der Waals surface area contributed by atoms with Gasteiger partial charge in [0, 0.05) is 11.6 Å². The number of primary amides is 1. The molecule has 7 heteroatoms. The Bertz CT molecular complexity index is 588. The number of piperidine rings is 1. The molecule has 0 aliphatic carbocycles. The second kappa shape index (κ2) is 7.97. The smallest absolute Gasteiger partial charge is 0.310 e. The molecule has 1 aliphatic rings. The van der Waals surface area contributed by atoms with Crippen molar-refractivity contribution < 1.29 is 19.1 Å². The van der Waals surface area contributed by atoms with Gasteiger partial charge in [0.2, 0.25) is 5.91 Å². The molecule has 1 saturated heterocycles. The predicted molar refractivity (Wildman–Crippen MR) is 84.7 cm³/mol. The number of nitrogens with zero attached hydrogens (tertiary/aromatic N) is 1. The maximum absolute atomic E-state index is 12.1. The van der Waals surface area contributed by atoms with E-state index in [-0.39, 0.29) is 13.0 Å². The van der Waals surface area contributed by atoms with Crippen LogP contribution in [0, 0.1) is 0 Å². The number of carbonyl (C=O) groups excluding carboxylic acids is 3. The third-order valence-corrected chi connectivity index (χ3v) is 4.02. The SMILES string of the molecule is NC(=O)[C@@H]1CCCCN1C(=O)COC(=O)Cc1ccc(Cl)cc1. The first-order chi connectivity index (χ1) is 11.0. The third kappa shape index (κ3) is 4.96. The second-order valence-corrected chi connectivity index (χ2v) is 5.90. The molecule has 1 heterocycles. The minimum atomic E-state index is -0.605. The molecule has 1 atom stereocenters. The van der Waals surface area contributed by atoms with Crippen LogP contribution in [0.4, 0.5) is 0 Å². The number of halogens is 1. The fourth-order valence-electron chi connectivity index (χ4n) is 2.57. The number of hydrogen-bond acceptors (Lipinski definition) is 4. The van der Waals surface area contributed by atoms with E-state index in [1.807, 2.05) is 0 Å². The molecule has 1 aliphatic heterocycles. The Hall–Kier alpha value is -2.08. The first kappa shape index (κ1) is 17.3. The molecular weight excluding hydrogens is 320 g/mol. The molecule has 0 saturated carbocycles. The topological polar surface area (TPSA) is 89.7 Å². The van der Waals surface area contributed by atoms with Crippen LogP contribution in [0.5, 0.6) is 0 Å². The van der Waals surface area contributed by atoms with E-state index in [2.05, 4.69) is 0 Å². The normalized spacial score (nSPS) is 17.6. The van der Waals surface area contributed by atoms with Crippen LogP contribution in [0.15, 0.2) is 24.3 Å². The Morgan fingerprint density at radius 3 is 2.57 bits per heavy atom. The summed E-state index contributed by atoms with van der Waals surface area (Å²) >= 11 is 5.77. The zero-order valence-electron chi connectivity index (χ0n) is 12.7. The van der Waals surface area contributed by atoms with Crippen LogP contribution in [0.2, 0.25) is 5.02 Å². The highest BCUT2D eigenvalue weighted by Gasteiger charge is 2.30. The summed E-state index contributed by atoms with van der Waals surface area (Å²) in [5.74, 6) is -1.42. The summed E-state index contributed by atoms with van der Waals surface area (Å²) in [6.45, 7) is 0.0807. The lowest BCUT2D eigenvalue weighted by Crippen LogP contribution is -2.51. The summed E-state index contributed by atoms with van der Waals surface area (Å²) in [7, 11) is 0. The van der Waals surface area contributed by atoms with Crippen molar-refractivity contribution in [1.82, 2.24) is 4.90 Å². The summed E-state index contributed by atoms with van der Waals surface area (Å²) in [5, 5.41) is 0.583. The number of likely N-dealkylation sites (tertiary alicyclic amines) is 1. The zero-order chi connectivity index (χ0) is 16.8. The Morgan fingerprint density at radius 1 is 1.22 bits per heavy atom. The quantitative estimate of drug-likeness (QED) is 0.819. The van der Waals surface area contributed by atoms with E-state index in [1.165, 1.54) is 4.90 Å². The highest BCUT2D eigenvalue weighted by atomic mass is 35.5. The first-order valence-corrected chi connectivity index (χ1v) is 7.84. The van der Waals surface area contributed by atoms with Gasteiger partial charge in [-0.3, -0.25) is 14.4 Å². The Kier molecular flexibility index (Phi) is 5.98. The summed E-state index contributed by atoms with van der Waals surface area (Å²) in [5.41, 5.74) is 6.06. The van der Waals surface area contributed by atoms with Gasteiger partial charge in [0.05, 0.1) is 6.42 Å². The van der Waals surface area contributed by atoms with Crippen LogP contribution in [-0.2, 0) is 25.5 Å². The molecule has 1 fully saturated rings. The van der Waals surface area contributed by atoms with Crippen LogP contribution in [-0.4, -0.2) is 41.9 Å². The largest absolute Gasteiger partial charge is 0.455 e. The van der Waals surface area contributed by atoms with E-state index in [4.69, 9.17) is 22.1 Å². The van der Waals surface area contributed by atoms with E-state index in [0.29, 0.717) is 18.0 Å². The summed E-state index contributed by atoms with van der Waals surface area (Å²) < 4.78 is 5.00. The van der Waals surface area contributed by atoms with E-state index >= 15 is 0 Å². The van der Waals surface area contributed by atoms with Crippen molar-refractivity contribution in [3.63, 3.8) is 0 Å². The molecule has 0 unspecified atom stereocenters. The fourth-order valence-corrected chi connectivity index (χ4v) is 2.70. The molecule has 1 aromatic rings. The molecule has 6 nitrogen and oxygen atoms in total. The maximum Gasteiger partial charge on any atom is 0.310 e. The molecule has 23 heavy (non-hydrogen) atoms. The number of benzene rings is 1. The number of rotatable bonds is 5. The maximum atomic E-state index is 12.1. The van der Waals surface area contributed by atoms with Crippen LogP contribution >= 0.6 is 11.6 Å². The number of hydrogen-bond donors (Lipinski definition) is 1. The van der Waals surface area contributed by atoms with Gasteiger partial charge in [-0.1, -0.05) is 23.7 Å². The molecule has 2 amide bonds. The van der Waals surface area contributed by atoms with Gasteiger partial charge in [-0.05, 0) is 37.0 Å². The number of carbonyl (C=O) groups is 3. The molecule has 1 aromatic carbocycles. The van der Waals surface area contributed by atoms with Crippen LogP contribution < -0.4 is 5.73 Å². The zero-order valence-corrected chi connectivity index (χ0v) is 13.4. The molecule has 0 spiro atoms. The lowest BCUT2D eigenvalue weighted by atomic mass is 10.0. The van der Waals surface area contributed by atoms with Gasteiger partial charge in [-0.15, -0.1) is 0 Å². The summed E-state index contributed by atoms with van der Waals surface area (Å²) in [6, 6.07) is 6.20. The lowest BCUT2D eigenvalue weighted by molar-refractivity contribution is -0.154. The van der Waals surface area contributed by atoms with Gasteiger partial charge in [-0.25, -0.2) is 0 Å². The van der Waals surface area contributed by atoms with E-state index < -0.39 is 23.8 Å². The molecule has 0 aromatic heterocycles. The van der Waals surface area contributed by atoms with E-state index in [0.717, 1.165) is 18.4 Å². The average Bonchev–Trinajstić information content (AvgIpc) is 2.54. The molecule has 0 bridgehead atoms. The average molecular weight is 339 g/mol. The molecule has 0 radical (unpaired) electrons. The van der Waals surface area contributed by atoms with Crippen molar-refractivity contribution in [2.45, 2.75) is 31.7 Å². The van der Waals surface area contributed by atoms with Crippen molar-refractivity contribution in [3.05, 3.63) is 34.9 Å². The van der Waals surface area contributed by atoms with Crippen LogP contribution in [0.3, 0.4) is 0 Å². The second-order valence-electron chi connectivity index (χ2n) is 5.47. The van der Waals surface area contributed by atoms with E-state index in [1.54, 1.807) is 24.3 Å². The van der Waals surface area contributed by atoms with Crippen molar-refractivity contribution in [2.24, 2.45) is 5.73 Å². The van der Waals surface area contributed by atoms with Crippen molar-refractivity contribution >= 4 is 29.4 Å². The summed E-state index contributed by atoms with van der Waals surface area (Å²) in [4.78, 5) is 36.7. The molecule has 124 valence electrons.